The zero-order chi connectivity index (χ0) is 20.4. The maximum atomic E-state index is 13.8. The van der Waals surface area contributed by atoms with Gasteiger partial charge in [0.1, 0.15) is 0 Å². The van der Waals surface area contributed by atoms with Crippen molar-refractivity contribution in [1.29, 1.82) is 0 Å². The summed E-state index contributed by atoms with van der Waals surface area (Å²) in [5.41, 5.74) is -0.823. The molecular formula is C18H27F5O3Si. The lowest BCUT2D eigenvalue weighted by Gasteiger charge is -2.29. The first-order valence-corrected chi connectivity index (χ1v) is 11.2. The Morgan fingerprint density at radius 3 is 1.37 bits per heavy atom. The first kappa shape index (κ1) is 24.0. The van der Waals surface area contributed by atoms with Gasteiger partial charge in [0, 0.05) is 31.4 Å². The fourth-order valence-corrected chi connectivity index (χ4v) is 5.30. The third-order valence-corrected chi connectivity index (χ3v) is 6.69. The van der Waals surface area contributed by atoms with Gasteiger partial charge in [0.15, 0.2) is 23.3 Å². The molecule has 0 atom stereocenters. The molecule has 9 heteroatoms. The maximum Gasteiger partial charge on any atom is 0.500 e. The van der Waals surface area contributed by atoms with Gasteiger partial charge in [0.25, 0.3) is 0 Å². The highest BCUT2D eigenvalue weighted by molar-refractivity contribution is 6.60. The van der Waals surface area contributed by atoms with Gasteiger partial charge in [0.2, 0.25) is 5.82 Å². The van der Waals surface area contributed by atoms with Gasteiger partial charge in [-0.2, -0.15) is 0 Å². The van der Waals surface area contributed by atoms with Gasteiger partial charge in [-0.3, -0.25) is 0 Å². The van der Waals surface area contributed by atoms with Gasteiger partial charge in [-0.1, -0.05) is 20.8 Å². The summed E-state index contributed by atoms with van der Waals surface area (Å²) in [7, 11) is -3.09. The van der Waals surface area contributed by atoms with Crippen molar-refractivity contribution >= 4 is 8.80 Å². The average Bonchev–Trinajstić information content (AvgIpc) is 2.68. The molecule has 156 valence electrons. The highest BCUT2D eigenvalue weighted by Gasteiger charge is 2.40. The molecule has 1 rings (SSSR count). The Morgan fingerprint density at radius 1 is 0.630 bits per heavy atom. The predicted octanol–water partition coefficient (Wildman–Crippen LogP) is 5.53. The Bertz CT molecular complexity index is 550. The van der Waals surface area contributed by atoms with Crippen molar-refractivity contribution in [2.24, 2.45) is 0 Å². The third kappa shape index (κ3) is 6.51. The van der Waals surface area contributed by atoms with Crippen LogP contribution < -0.4 is 0 Å². The zero-order valence-corrected chi connectivity index (χ0v) is 17.0. The summed E-state index contributed by atoms with van der Waals surface area (Å²) < 4.78 is 85.0. The van der Waals surface area contributed by atoms with E-state index in [4.69, 9.17) is 13.3 Å². The van der Waals surface area contributed by atoms with Crippen LogP contribution in [0.4, 0.5) is 22.0 Å². The Kier molecular flexibility index (Phi) is 10.4. The highest BCUT2D eigenvalue weighted by Crippen LogP contribution is 2.26. The van der Waals surface area contributed by atoms with E-state index in [-0.39, 0.29) is 18.9 Å². The van der Waals surface area contributed by atoms with Crippen LogP contribution in [0.25, 0.3) is 0 Å². The minimum atomic E-state index is -3.09. The van der Waals surface area contributed by atoms with Crippen LogP contribution >= 0.6 is 0 Å². The molecular weight excluding hydrogens is 387 g/mol. The topological polar surface area (TPSA) is 27.7 Å². The van der Waals surface area contributed by atoms with Crippen LogP contribution in [0.1, 0.15) is 52.0 Å². The van der Waals surface area contributed by atoms with Crippen molar-refractivity contribution in [3.63, 3.8) is 0 Å². The first-order chi connectivity index (χ1) is 12.8. The van der Waals surface area contributed by atoms with Crippen molar-refractivity contribution in [1.82, 2.24) is 0 Å². The average molecular weight is 414 g/mol. The number of benzene rings is 1. The molecule has 0 saturated carbocycles. The highest BCUT2D eigenvalue weighted by atomic mass is 28.4. The Balaban J connectivity index is 2.94. The lowest BCUT2D eigenvalue weighted by molar-refractivity contribution is 0.0587. The van der Waals surface area contributed by atoms with Crippen LogP contribution in [0.5, 0.6) is 0 Å². The van der Waals surface area contributed by atoms with E-state index in [1.807, 2.05) is 20.8 Å². The number of rotatable bonds is 13. The smallest absolute Gasteiger partial charge is 0.373 e. The molecule has 0 aliphatic heterocycles. The first-order valence-electron chi connectivity index (χ1n) is 9.25. The van der Waals surface area contributed by atoms with Crippen LogP contribution in [0.15, 0.2) is 0 Å². The fraction of sp³-hybridized carbons (Fsp3) is 0.667. The number of hydrogen-bond donors (Lipinski definition) is 0. The molecule has 0 bridgehead atoms. The van der Waals surface area contributed by atoms with Gasteiger partial charge in [-0.25, -0.2) is 22.0 Å². The summed E-state index contributed by atoms with van der Waals surface area (Å²) in [4.78, 5) is 0. The quantitative estimate of drug-likeness (QED) is 0.184. The van der Waals surface area contributed by atoms with Crippen molar-refractivity contribution in [3.05, 3.63) is 34.6 Å². The van der Waals surface area contributed by atoms with Gasteiger partial charge >= 0.3 is 8.80 Å². The summed E-state index contributed by atoms with van der Waals surface area (Å²) in [6, 6.07) is 0.229. The molecule has 0 spiro atoms. The van der Waals surface area contributed by atoms with Crippen LogP contribution in [0.3, 0.4) is 0 Å². The van der Waals surface area contributed by atoms with Crippen LogP contribution in [-0.4, -0.2) is 28.6 Å². The second-order valence-electron chi connectivity index (χ2n) is 6.13. The molecule has 0 aliphatic rings. The minimum Gasteiger partial charge on any atom is -0.373 e. The lowest BCUT2D eigenvalue weighted by Crippen LogP contribution is -2.46. The van der Waals surface area contributed by atoms with Crippen molar-refractivity contribution in [2.75, 3.05) is 19.8 Å². The number of halogens is 5. The maximum absolute atomic E-state index is 13.8. The molecule has 0 aliphatic carbocycles. The molecule has 0 unspecified atom stereocenters. The van der Waals surface area contributed by atoms with Crippen molar-refractivity contribution in [2.45, 2.75) is 58.9 Å². The Labute approximate surface area is 158 Å². The molecule has 0 N–H and O–H groups in total. The monoisotopic (exact) mass is 414 g/mol. The Hall–Kier alpha value is -1.03. The summed E-state index contributed by atoms with van der Waals surface area (Å²) in [6.45, 7) is 6.99. The Morgan fingerprint density at radius 2 is 1.00 bits per heavy atom. The molecule has 1 aromatic rings. The molecule has 0 amide bonds. The summed E-state index contributed by atoms with van der Waals surface area (Å²) in [6.07, 6.45) is 1.98. The number of hydrogen-bond acceptors (Lipinski definition) is 3. The second kappa shape index (κ2) is 11.7. The van der Waals surface area contributed by atoms with Crippen LogP contribution in [0.2, 0.25) is 6.04 Å². The molecule has 0 radical (unpaired) electrons. The molecule has 0 aromatic heterocycles. The van der Waals surface area contributed by atoms with E-state index in [1.54, 1.807) is 0 Å². The SMILES string of the molecule is CCCO[Si](CCCc1c(F)c(F)c(F)c(F)c1F)(OCCC)OCCC. The van der Waals surface area contributed by atoms with E-state index in [0.29, 0.717) is 19.8 Å². The van der Waals surface area contributed by atoms with E-state index < -0.39 is 43.5 Å². The molecule has 0 fully saturated rings. The van der Waals surface area contributed by atoms with E-state index in [1.165, 1.54) is 0 Å². The van der Waals surface area contributed by atoms with E-state index in [9.17, 15) is 22.0 Å². The van der Waals surface area contributed by atoms with Crippen molar-refractivity contribution in [3.8, 4) is 0 Å². The molecule has 3 nitrogen and oxygen atoms in total. The second-order valence-corrected chi connectivity index (χ2v) is 8.86. The van der Waals surface area contributed by atoms with Crippen LogP contribution in [-0.2, 0) is 19.7 Å². The standard InChI is InChI=1S/C18H27F5O3Si/c1-4-9-24-27(25-10-5-2,26-11-6-3)12-7-8-13-14(19)16(21)18(23)17(22)15(13)20/h4-12H2,1-3H3. The normalized spacial score (nSPS) is 12.0. The lowest BCUT2D eigenvalue weighted by atomic mass is 10.1. The van der Waals surface area contributed by atoms with E-state index in [2.05, 4.69) is 0 Å². The van der Waals surface area contributed by atoms with E-state index in [0.717, 1.165) is 19.3 Å². The van der Waals surface area contributed by atoms with Gasteiger partial charge < -0.3 is 13.3 Å². The summed E-state index contributed by atoms with van der Waals surface area (Å²) in [5, 5.41) is 0. The zero-order valence-electron chi connectivity index (χ0n) is 16.0. The molecule has 27 heavy (non-hydrogen) atoms. The van der Waals surface area contributed by atoms with Crippen molar-refractivity contribution < 1.29 is 35.2 Å². The molecule has 1 aromatic carbocycles. The molecule has 0 saturated heterocycles. The van der Waals surface area contributed by atoms with Crippen LogP contribution in [0, 0.1) is 29.1 Å². The fourth-order valence-electron chi connectivity index (χ4n) is 2.47. The minimum absolute atomic E-state index is 0.113. The summed E-state index contributed by atoms with van der Waals surface area (Å²) in [5.74, 6) is -9.60. The largest absolute Gasteiger partial charge is 0.500 e. The van der Waals surface area contributed by atoms with Gasteiger partial charge in [-0.05, 0) is 32.1 Å². The summed E-state index contributed by atoms with van der Waals surface area (Å²) >= 11 is 0. The molecule has 0 heterocycles. The third-order valence-electron chi connectivity index (χ3n) is 3.79. The van der Waals surface area contributed by atoms with Gasteiger partial charge in [-0.15, -0.1) is 0 Å². The predicted molar refractivity (Wildman–Crippen MR) is 93.8 cm³/mol. The van der Waals surface area contributed by atoms with E-state index >= 15 is 0 Å². The van der Waals surface area contributed by atoms with Gasteiger partial charge in [0.05, 0.1) is 0 Å².